The molecule has 1 rings (SSSR count). The molecule has 1 atom stereocenters. The molecule has 0 N–H and O–H groups in total. The average molecular weight is 233 g/mol. The molecule has 2 nitrogen and oxygen atoms in total. The van der Waals surface area contributed by atoms with Crippen molar-refractivity contribution < 1.29 is 4.79 Å². The summed E-state index contributed by atoms with van der Waals surface area (Å²) in [5.41, 5.74) is 1.11. The molecule has 0 saturated carbocycles. The Bertz CT molecular complexity index is 334. The van der Waals surface area contributed by atoms with E-state index in [1.807, 2.05) is 30.3 Å². The first-order valence-electron chi connectivity index (χ1n) is 6.47. The first kappa shape index (κ1) is 13.9. The van der Waals surface area contributed by atoms with Gasteiger partial charge in [0.25, 0.3) is 0 Å². The molecular formula is C15H23NO. The molecule has 94 valence electrons. The Morgan fingerprint density at radius 1 is 1.24 bits per heavy atom. The molecule has 1 unspecified atom stereocenters. The highest BCUT2D eigenvalue weighted by Crippen LogP contribution is 2.05. The smallest absolute Gasteiger partial charge is 0.151 e. The van der Waals surface area contributed by atoms with Crippen LogP contribution in [0.3, 0.4) is 0 Å². The van der Waals surface area contributed by atoms with E-state index >= 15 is 0 Å². The second kappa shape index (κ2) is 7.23. The normalized spacial score (nSPS) is 12.7. The molecule has 0 saturated heterocycles. The molecule has 0 spiro atoms. The number of carbonyl (C=O) groups excluding carboxylic acids is 1. The van der Waals surface area contributed by atoms with Crippen LogP contribution in [0.15, 0.2) is 30.3 Å². The average Bonchev–Trinajstić information content (AvgIpc) is 2.36. The van der Waals surface area contributed by atoms with Crippen LogP contribution in [-0.4, -0.2) is 29.8 Å². The predicted octanol–water partition coefficient (Wildman–Crippen LogP) is 2.92. The number of carbonyl (C=O) groups is 1. The molecular weight excluding hydrogens is 210 g/mol. The Balaban J connectivity index is 2.48. The molecule has 0 bridgehead atoms. The number of likely N-dealkylation sites (N-methyl/N-ethyl adjacent to an activating group) is 1. The van der Waals surface area contributed by atoms with Gasteiger partial charge >= 0.3 is 0 Å². The lowest BCUT2D eigenvalue weighted by Crippen LogP contribution is -2.37. The van der Waals surface area contributed by atoms with Crippen LogP contribution >= 0.6 is 0 Å². The van der Waals surface area contributed by atoms with Crippen molar-refractivity contribution in [2.45, 2.75) is 39.7 Å². The Morgan fingerprint density at radius 2 is 1.88 bits per heavy atom. The summed E-state index contributed by atoms with van der Waals surface area (Å²) in [6.07, 6.45) is 1.64. The molecule has 17 heavy (non-hydrogen) atoms. The summed E-state index contributed by atoms with van der Waals surface area (Å²) in [4.78, 5) is 14.2. The molecule has 0 aliphatic carbocycles. The summed E-state index contributed by atoms with van der Waals surface area (Å²) in [7, 11) is 0. The largest absolute Gasteiger partial charge is 0.298 e. The number of rotatable bonds is 7. The van der Waals surface area contributed by atoms with Crippen molar-refractivity contribution in [3.05, 3.63) is 35.9 Å². The summed E-state index contributed by atoms with van der Waals surface area (Å²) in [6, 6.07) is 10.4. The maximum atomic E-state index is 12.0. The molecule has 0 amide bonds. The fourth-order valence-electron chi connectivity index (χ4n) is 1.94. The van der Waals surface area contributed by atoms with Crippen LogP contribution in [0.25, 0.3) is 0 Å². The van der Waals surface area contributed by atoms with E-state index < -0.39 is 0 Å². The van der Waals surface area contributed by atoms with Gasteiger partial charge in [-0.1, -0.05) is 44.2 Å². The monoisotopic (exact) mass is 233 g/mol. The summed E-state index contributed by atoms with van der Waals surface area (Å²) >= 11 is 0. The quantitative estimate of drug-likeness (QED) is 0.721. The third-order valence-electron chi connectivity index (χ3n) is 3.24. The molecule has 0 radical (unpaired) electrons. The van der Waals surface area contributed by atoms with Crippen molar-refractivity contribution in [2.75, 3.05) is 13.1 Å². The molecule has 1 aromatic carbocycles. The first-order chi connectivity index (χ1) is 8.17. The Morgan fingerprint density at radius 3 is 2.41 bits per heavy atom. The van der Waals surface area contributed by atoms with Crippen molar-refractivity contribution in [2.24, 2.45) is 0 Å². The fraction of sp³-hybridized carbons (Fsp3) is 0.533. The van der Waals surface area contributed by atoms with E-state index in [0.717, 1.165) is 18.5 Å². The van der Waals surface area contributed by atoms with Gasteiger partial charge in [-0.2, -0.15) is 0 Å². The summed E-state index contributed by atoms with van der Waals surface area (Å²) < 4.78 is 0. The zero-order valence-corrected chi connectivity index (χ0v) is 11.1. The maximum absolute atomic E-state index is 12.0. The first-order valence-corrected chi connectivity index (χ1v) is 6.47. The minimum Gasteiger partial charge on any atom is -0.298 e. The number of benzene rings is 1. The van der Waals surface area contributed by atoms with E-state index in [-0.39, 0.29) is 0 Å². The fourth-order valence-corrected chi connectivity index (χ4v) is 1.94. The van der Waals surface area contributed by atoms with Crippen molar-refractivity contribution in [1.29, 1.82) is 0 Å². The number of Topliss-reactive ketones (excluding diaryl/α,β-unsaturated/α-hetero) is 1. The van der Waals surface area contributed by atoms with Crippen LogP contribution in [0.4, 0.5) is 0 Å². The number of ketones is 1. The van der Waals surface area contributed by atoms with Crippen LogP contribution in [0, 0.1) is 0 Å². The van der Waals surface area contributed by atoms with Crippen molar-refractivity contribution in [1.82, 2.24) is 4.90 Å². The van der Waals surface area contributed by atoms with Crippen LogP contribution < -0.4 is 0 Å². The van der Waals surface area contributed by atoms with Crippen LogP contribution in [0.1, 0.15) is 32.8 Å². The van der Waals surface area contributed by atoms with E-state index in [9.17, 15) is 4.79 Å². The lowest BCUT2D eigenvalue weighted by molar-refractivity contribution is -0.120. The minimum atomic E-state index is 0.304. The highest BCUT2D eigenvalue weighted by molar-refractivity contribution is 5.82. The highest BCUT2D eigenvalue weighted by atomic mass is 16.1. The molecule has 0 aliphatic heterocycles. The molecule has 0 aliphatic rings. The van der Waals surface area contributed by atoms with E-state index in [2.05, 4.69) is 25.7 Å². The lowest BCUT2D eigenvalue weighted by Gasteiger charge is -2.26. The SMILES string of the molecule is CCC(C)N(CC)CC(=O)Cc1ccccc1. The molecule has 0 heterocycles. The van der Waals surface area contributed by atoms with Gasteiger partial charge in [0.15, 0.2) is 5.78 Å². The minimum absolute atomic E-state index is 0.304. The van der Waals surface area contributed by atoms with Crippen molar-refractivity contribution in [3.8, 4) is 0 Å². The van der Waals surface area contributed by atoms with Crippen molar-refractivity contribution >= 4 is 5.78 Å². The van der Waals surface area contributed by atoms with Crippen LogP contribution in [-0.2, 0) is 11.2 Å². The Hall–Kier alpha value is -1.15. The van der Waals surface area contributed by atoms with E-state index in [1.54, 1.807) is 0 Å². The third-order valence-corrected chi connectivity index (χ3v) is 3.24. The van der Waals surface area contributed by atoms with Crippen LogP contribution in [0.2, 0.25) is 0 Å². The van der Waals surface area contributed by atoms with Gasteiger partial charge in [-0.15, -0.1) is 0 Å². The number of hydrogen-bond donors (Lipinski definition) is 0. The lowest BCUT2D eigenvalue weighted by atomic mass is 10.1. The Kier molecular flexibility index (Phi) is 5.92. The predicted molar refractivity (Wildman–Crippen MR) is 72.2 cm³/mol. The molecule has 2 heteroatoms. The van der Waals surface area contributed by atoms with Gasteiger partial charge in [-0.3, -0.25) is 9.69 Å². The zero-order chi connectivity index (χ0) is 12.7. The highest BCUT2D eigenvalue weighted by Gasteiger charge is 2.14. The number of hydrogen-bond acceptors (Lipinski definition) is 2. The van der Waals surface area contributed by atoms with Gasteiger partial charge in [0, 0.05) is 12.5 Å². The van der Waals surface area contributed by atoms with Gasteiger partial charge < -0.3 is 0 Å². The maximum Gasteiger partial charge on any atom is 0.151 e. The van der Waals surface area contributed by atoms with Gasteiger partial charge in [0.1, 0.15) is 0 Å². The summed E-state index contributed by atoms with van der Waals surface area (Å²) in [5, 5.41) is 0. The molecule has 0 fully saturated rings. The van der Waals surface area contributed by atoms with Gasteiger partial charge in [-0.25, -0.2) is 0 Å². The van der Waals surface area contributed by atoms with E-state index in [1.165, 1.54) is 0 Å². The summed E-state index contributed by atoms with van der Waals surface area (Å²) in [5.74, 6) is 0.304. The topological polar surface area (TPSA) is 20.3 Å². The molecule has 1 aromatic rings. The van der Waals surface area contributed by atoms with Crippen molar-refractivity contribution in [3.63, 3.8) is 0 Å². The Labute approximate surface area is 105 Å². The standard InChI is InChI=1S/C15H23NO/c1-4-13(3)16(5-2)12-15(17)11-14-9-7-6-8-10-14/h6-10,13H,4-5,11-12H2,1-3H3. The second-order valence-electron chi connectivity index (χ2n) is 4.52. The number of nitrogens with zero attached hydrogens (tertiary/aromatic N) is 1. The van der Waals surface area contributed by atoms with E-state index in [4.69, 9.17) is 0 Å². The van der Waals surface area contributed by atoms with Gasteiger partial charge in [0.05, 0.1) is 6.54 Å². The molecule has 0 aromatic heterocycles. The van der Waals surface area contributed by atoms with Gasteiger partial charge in [0.2, 0.25) is 0 Å². The third kappa shape index (κ3) is 4.70. The van der Waals surface area contributed by atoms with Gasteiger partial charge in [-0.05, 0) is 25.5 Å². The summed E-state index contributed by atoms with van der Waals surface area (Å²) in [6.45, 7) is 7.96. The van der Waals surface area contributed by atoms with Crippen LogP contribution in [0.5, 0.6) is 0 Å². The second-order valence-corrected chi connectivity index (χ2v) is 4.52. The zero-order valence-electron chi connectivity index (χ0n) is 11.1. The van der Waals surface area contributed by atoms with E-state index in [0.29, 0.717) is 24.8 Å².